The third kappa shape index (κ3) is 2.74. The Labute approximate surface area is 164 Å². The van der Waals surface area contributed by atoms with E-state index in [1.165, 1.54) is 15.6 Å². The second-order valence-corrected chi connectivity index (χ2v) is 7.25. The van der Waals surface area contributed by atoms with Crippen LogP contribution in [-0.4, -0.2) is 26.7 Å². The summed E-state index contributed by atoms with van der Waals surface area (Å²) in [6, 6.07) is 14.0. The number of thiophene rings is 1. The third-order valence-corrected chi connectivity index (χ3v) is 5.62. The minimum Gasteiger partial charge on any atom is -0.494 e. The third-order valence-electron chi connectivity index (χ3n) is 4.60. The van der Waals surface area contributed by atoms with Crippen LogP contribution in [0.4, 0.5) is 5.95 Å². The molecule has 0 atom stereocenters. The Balaban J connectivity index is 1.43. The van der Waals surface area contributed by atoms with Crippen LogP contribution in [0.5, 0.6) is 5.75 Å². The summed E-state index contributed by atoms with van der Waals surface area (Å²) in [5.41, 5.74) is 8.56. The van der Waals surface area contributed by atoms with Crippen LogP contribution in [0.15, 0.2) is 47.8 Å². The molecule has 3 aromatic heterocycles. The first-order chi connectivity index (χ1) is 13.7. The number of anilines is 1. The van der Waals surface area contributed by atoms with Crippen LogP contribution in [0.25, 0.3) is 26.6 Å². The monoisotopic (exact) mass is 391 g/mol. The number of ether oxygens (including phenoxy) is 2. The molecule has 0 spiro atoms. The summed E-state index contributed by atoms with van der Waals surface area (Å²) in [6.45, 7) is 0.790. The highest BCUT2D eigenvalue weighted by Gasteiger charge is 2.14. The van der Waals surface area contributed by atoms with Crippen molar-refractivity contribution in [3.8, 4) is 5.75 Å². The van der Waals surface area contributed by atoms with Crippen LogP contribution in [0.1, 0.15) is 11.4 Å². The van der Waals surface area contributed by atoms with E-state index >= 15 is 0 Å². The van der Waals surface area contributed by atoms with E-state index in [9.17, 15) is 0 Å². The zero-order valence-electron chi connectivity index (χ0n) is 15.1. The molecule has 0 fully saturated rings. The Morgan fingerprint density at radius 1 is 1.04 bits per heavy atom. The fourth-order valence-corrected chi connectivity index (χ4v) is 4.24. The molecule has 0 unspecified atom stereocenters. The average Bonchev–Trinajstić information content (AvgIpc) is 3.33. The van der Waals surface area contributed by atoms with Gasteiger partial charge in [0.2, 0.25) is 5.95 Å². The van der Waals surface area contributed by atoms with E-state index in [-0.39, 0.29) is 12.6 Å². The van der Waals surface area contributed by atoms with E-state index in [0.717, 1.165) is 5.39 Å². The Morgan fingerprint density at radius 3 is 2.79 bits per heavy atom. The zero-order chi connectivity index (χ0) is 19.1. The van der Waals surface area contributed by atoms with Gasteiger partial charge in [0.05, 0.1) is 13.7 Å². The van der Waals surface area contributed by atoms with Gasteiger partial charge in [-0.1, -0.05) is 24.3 Å². The molecule has 0 saturated heterocycles. The summed E-state index contributed by atoms with van der Waals surface area (Å²) in [5, 5.41) is 8.64. The SMILES string of the molecule is COc1cccc2c1nc(N)n1nc(COCc3csc4ccccc34)nc21. The number of rotatable bonds is 5. The van der Waals surface area contributed by atoms with E-state index in [1.54, 1.807) is 23.0 Å². The largest absolute Gasteiger partial charge is 0.494 e. The van der Waals surface area contributed by atoms with Crippen molar-refractivity contribution >= 4 is 43.9 Å². The predicted molar refractivity (Wildman–Crippen MR) is 110 cm³/mol. The molecule has 0 saturated carbocycles. The van der Waals surface area contributed by atoms with Gasteiger partial charge in [0.25, 0.3) is 0 Å². The Hall–Kier alpha value is -3.23. The van der Waals surface area contributed by atoms with Crippen LogP contribution in [0.3, 0.4) is 0 Å². The number of methoxy groups -OCH3 is 1. The molecule has 0 aliphatic rings. The van der Waals surface area contributed by atoms with Crippen molar-refractivity contribution in [2.75, 3.05) is 12.8 Å². The van der Waals surface area contributed by atoms with Gasteiger partial charge in [-0.3, -0.25) is 0 Å². The summed E-state index contributed by atoms with van der Waals surface area (Å²) in [4.78, 5) is 9.03. The number of aromatic nitrogens is 4. The van der Waals surface area contributed by atoms with Crippen molar-refractivity contribution < 1.29 is 9.47 Å². The van der Waals surface area contributed by atoms with Gasteiger partial charge in [0.15, 0.2) is 11.5 Å². The number of benzene rings is 2. The van der Waals surface area contributed by atoms with Crippen molar-refractivity contribution in [2.24, 2.45) is 0 Å². The molecule has 28 heavy (non-hydrogen) atoms. The van der Waals surface area contributed by atoms with Crippen molar-refractivity contribution in [1.82, 2.24) is 19.6 Å². The molecule has 0 radical (unpaired) electrons. The minimum absolute atomic E-state index is 0.259. The quantitative estimate of drug-likeness (QED) is 0.490. The van der Waals surface area contributed by atoms with Gasteiger partial charge in [0, 0.05) is 10.1 Å². The Bertz CT molecular complexity index is 1310. The first-order valence-corrected chi connectivity index (χ1v) is 9.63. The molecule has 5 aromatic rings. The number of para-hydroxylation sites is 1. The maximum atomic E-state index is 6.08. The number of nitrogens with zero attached hydrogens (tertiary/aromatic N) is 4. The number of nitrogen functional groups attached to an aromatic ring is 1. The topological polar surface area (TPSA) is 87.6 Å². The second kappa shape index (κ2) is 6.74. The van der Waals surface area contributed by atoms with Crippen LogP contribution in [0, 0.1) is 0 Å². The number of hydrogen-bond donors (Lipinski definition) is 1. The van der Waals surface area contributed by atoms with E-state index in [2.05, 4.69) is 32.6 Å². The maximum Gasteiger partial charge on any atom is 0.223 e. The lowest BCUT2D eigenvalue weighted by atomic mass is 10.2. The fourth-order valence-electron chi connectivity index (χ4n) is 3.29. The van der Waals surface area contributed by atoms with Gasteiger partial charge in [0.1, 0.15) is 17.9 Å². The van der Waals surface area contributed by atoms with Gasteiger partial charge in [-0.15, -0.1) is 16.4 Å². The predicted octanol–water partition coefficient (Wildman–Crippen LogP) is 3.80. The van der Waals surface area contributed by atoms with Crippen LogP contribution in [0.2, 0.25) is 0 Å². The van der Waals surface area contributed by atoms with Gasteiger partial charge in [-0.2, -0.15) is 4.52 Å². The zero-order valence-corrected chi connectivity index (χ0v) is 15.9. The summed E-state index contributed by atoms with van der Waals surface area (Å²) in [5.74, 6) is 1.47. The summed E-state index contributed by atoms with van der Waals surface area (Å²) in [7, 11) is 1.61. The average molecular weight is 391 g/mol. The second-order valence-electron chi connectivity index (χ2n) is 6.34. The Morgan fingerprint density at radius 2 is 1.89 bits per heavy atom. The first-order valence-electron chi connectivity index (χ1n) is 8.75. The molecule has 3 heterocycles. The van der Waals surface area contributed by atoms with Gasteiger partial charge in [-0.05, 0) is 34.5 Å². The number of hydrogen-bond acceptors (Lipinski definition) is 7. The molecule has 8 heteroatoms. The lowest BCUT2D eigenvalue weighted by Gasteiger charge is -2.06. The van der Waals surface area contributed by atoms with Crippen molar-refractivity contribution in [3.05, 3.63) is 59.2 Å². The highest BCUT2D eigenvalue weighted by atomic mass is 32.1. The summed E-state index contributed by atoms with van der Waals surface area (Å²) in [6.07, 6.45) is 0. The van der Waals surface area contributed by atoms with E-state index in [1.807, 2.05) is 30.3 Å². The van der Waals surface area contributed by atoms with Crippen LogP contribution >= 0.6 is 11.3 Å². The summed E-state index contributed by atoms with van der Waals surface area (Å²) >= 11 is 1.72. The maximum absolute atomic E-state index is 6.08. The van der Waals surface area contributed by atoms with Crippen LogP contribution < -0.4 is 10.5 Å². The van der Waals surface area contributed by atoms with Gasteiger partial charge < -0.3 is 15.2 Å². The molecular weight excluding hydrogens is 374 g/mol. The highest BCUT2D eigenvalue weighted by Crippen LogP contribution is 2.28. The van der Waals surface area contributed by atoms with Gasteiger partial charge in [-0.25, -0.2) is 9.97 Å². The molecule has 2 N–H and O–H groups in total. The Kier molecular flexibility index (Phi) is 4.07. The molecule has 5 rings (SSSR count). The summed E-state index contributed by atoms with van der Waals surface area (Å²) < 4.78 is 14.1. The molecule has 2 aromatic carbocycles. The molecule has 7 nitrogen and oxygen atoms in total. The van der Waals surface area contributed by atoms with Crippen molar-refractivity contribution in [1.29, 1.82) is 0 Å². The van der Waals surface area contributed by atoms with E-state index in [0.29, 0.717) is 29.3 Å². The van der Waals surface area contributed by atoms with E-state index < -0.39 is 0 Å². The van der Waals surface area contributed by atoms with Crippen molar-refractivity contribution in [2.45, 2.75) is 13.2 Å². The minimum atomic E-state index is 0.259. The lowest BCUT2D eigenvalue weighted by Crippen LogP contribution is -2.03. The molecule has 140 valence electrons. The molecule has 0 amide bonds. The number of fused-ring (bicyclic) bond motifs is 4. The molecule has 0 aliphatic heterocycles. The molecular formula is C20H17N5O2S. The van der Waals surface area contributed by atoms with Crippen molar-refractivity contribution in [3.63, 3.8) is 0 Å². The standard InChI is InChI=1S/C20H17N5O2S/c1-26-15-7-4-6-14-18(15)23-20(21)25-19(14)22-17(24-25)10-27-9-12-11-28-16-8-3-2-5-13(12)16/h2-8,11H,9-10H2,1H3,(H2,21,23). The smallest absolute Gasteiger partial charge is 0.223 e. The van der Waals surface area contributed by atoms with Crippen LogP contribution in [-0.2, 0) is 18.0 Å². The highest BCUT2D eigenvalue weighted by molar-refractivity contribution is 7.17. The van der Waals surface area contributed by atoms with E-state index in [4.69, 9.17) is 15.2 Å². The lowest BCUT2D eigenvalue weighted by molar-refractivity contribution is 0.103. The number of nitrogens with two attached hydrogens (primary N) is 1. The fraction of sp³-hybridized carbons (Fsp3) is 0.150. The molecule has 0 bridgehead atoms. The first kappa shape index (κ1) is 16.9. The molecule has 0 aliphatic carbocycles. The van der Waals surface area contributed by atoms with Gasteiger partial charge >= 0.3 is 0 Å². The normalized spacial score (nSPS) is 11.6.